The Morgan fingerprint density at radius 3 is 3.15 bits per heavy atom. The number of benzene rings is 1. The van der Waals surface area contributed by atoms with Gasteiger partial charge >= 0.3 is 0 Å². The molecule has 20 heavy (non-hydrogen) atoms. The second-order valence-corrected chi connectivity index (χ2v) is 4.83. The van der Waals surface area contributed by atoms with E-state index in [9.17, 15) is 4.79 Å². The summed E-state index contributed by atoms with van der Waals surface area (Å²) in [6, 6.07) is 5.55. The third kappa shape index (κ3) is 3.71. The number of hydrogen-bond acceptors (Lipinski definition) is 5. The van der Waals surface area contributed by atoms with Crippen LogP contribution in [-0.4, -0.2) is 45.2 Å². The van der Waals surface area contributed by atoms with Gasteiger partial charge in [-0.2, -0.15) is 0 Å². The molecule has 110 valence electrons. The topological polar surface area (TPSA) is 59.6 Å². The van der Waals surface area contributed by atoms with Gasteiger partial charge in [-0.25, -0.2) is 0 Å². The van der Waals surface area contributed by atoms with Crippen molar-refractivity contribution in [2.45, 2.75) is 19.4 Å². The van der Waals surface area contributed by atoms with Gasteiger partial charge in [0.15, 0.2) is 5.78 Å². The number of ketones is 1. The van der Waals surface area contributed by atoms with Crippen LogP contribution < -0.4 is 15.4 Å². The SMILES string of the molecule is CCC1CNc2cc(C(=O)CNCCOC)ccc2O1. The van der Waals surface area contributed by atoms with Crippen molar-refractivity contribution >= 4 is 11.5 Å². The van der Waals surface area contributed by atoms with Crippen molar-refractivity contribution < 1.29 is 14.3 Å². The van der Waals surface area contributed by atoms with E-state index in [2.05, 4.69) is 17.6 Å². The number of carbonyl (C=O) groups is 1. The van der Waals surface area contributed by atoms with Crippen LogP contribution in [0, 0.1) is 0 Å². The average Bonchev–Trinajstić information content (AvgIpc) is 2.50. The van der Waals surface area contributed by atoms with Gasteiger partial charge in [0.25, 0.3) is 0 Å². The molecule has 0 fully saturated rings. The van der Waals surface area contributed by atoms with Crippen LogP contribution in [0.4, 0.5) is 5.69 Å². The van der Waals surface area contributed by atoms with E-state index in [1.54, 1.807) is 7.11 Å². The van der Waals surface area contributed by atoms with Crippen molar-refractivity contribution in [3.63, 3.8) is 0 Å². The molecule has 0 spiro atoms. The first-order valence-electron chi connectivity index (χ1n) is 7.02. The fourth-order valence-electron chi connectivity index (χ4n) is 2.10. The lowest BCUT2D eigenvalue weighted by molar-refractivity contribution is 0.0987. The normalized spacial score (nSPS) is 17.0. The quantitative estimate of drug-likeness (QED) is 0.587. The van der Waals surface area contributed by atoms with Crippen LogP contribution in [-0.2, 0) is 4.74 Å². The van der Waals surface area contributed by atoms with E-state index in [1.165, 1.54) is 0 Å². The molecule has 1 aliphatic rings. The molecule has 1 aromatic carbocycles. The summed E-state index contributed by atoms with van der Waals surface area (Å²) in [6.07, 6.45) is 1.18. The highest BCUT2D eigenvalue weighted by molar-refractivity contribution is 5.98. The maximum atomic E-state index is 12.0. The van der Waals surface area contributed by atoms with E-state index in [4.69, 9.17) is 9.47 Å². The Labute approximate surface area is 119 Å². The van der Waals surface area contributed by atoms with Crippen LogP contribution >= 0.6 is 0 Å². The van der Waals surface area contributed by atoms with Crippen LogP contribution in [0.15, 0.2) is 18.2 Å². The fourth-order valence-corrected chi connectivity index (χ4v) is 2.10. The van der Waals surface area contributed by atoms with Gasteiger partial charge in [0.05, 0.1) is 25.4 Å². The molecule has 1 aliphatic heterocycles. The zero-order valence-corrected chi connectivity index (χ0v) is 12.1. The van der Waals surface area contributed by atoms with Crippen molar-refractivity contribution in [3.8, 4) is 5.75 Å². The van der Waals surface area contributed by atoms with Crippen molar-refractivity contribution in [1.82, 2.24) is 5.32 Å². The number of fused-ring (bicyclic) bond motifs is 1. The van der Waals surface area contributed by atoms with Gasteiger partial charge in [-0.3, -0.25) is 4.79 Å². The first kappa shape index (κ1) is 14.8. The minimum atomic E-state index is 0.0725. The number of hydrogen-bond donors (Lipinski definition) is 2. The summed E-state index contributed by atoms with van der Waals surface area (Å²) in [7, 11) is 1.64. The predicted molar refractivity (Wildman–Crippen MR) is 78.7 cm³/mol. The Hall–Kier alpha value is -1.59. The van der Waals surface area contributed by atoms with E-state index in [0.29, 0.717) is 25.3 Å². The number of methoxy groups -OCH3 is 1. The number of Topliss-reactive ketones (excluding diaryl/α,β-unsaturated/α-hetero) is 1. The third-order valence-electron chi connectivity index (χ3n) is 3.34. The van der Waals surface area contributed by atoms with Gasteiger partial charge in [0, 0.05) is 19.2 Å². The van der Waals surface area contributed by atoms with Gasteiger partial charge in [-0.1, -0.05) is 6.92 Å². The molecule has 5 nitrogen and oxygen atoms in total. The predicted octanol–water partition coefficient (Wildman–Crippen LogP) is 1.69. The molecule has 0 amide bonds. The first-order chi connectivity index (χ1) is 9.74. The lowest BCUT2D eigenvalue weighted by Crippen LogP contribution is -2.30. The van der Waals surface area contributed by atoms with Crippen LogP contribution in [0.25, 0.3) is 0 Å². The van der Waals surface area contributed by atoms with E-state index in [0.717, 1.165) is 24.4 Å². The maximum Gasteiger partial charge on any atom is 0.176 e. The van der Waals surface area contributed by atoms with Crippen molar-refractivity contribution in [2.24, 2.45) is 0 Å². The van der Waals surface area contributed by atoms with Crippen LogP contribution in [0.1, 0.15) is 23.7 Å². The van der Waals surface area contributed by atoms with Crippen molar-refractivity contribution in [3.05, 3.63) is 23.8 Å². The van der Waals surface area contributed by atoms with Gasteiger partial charge in [0.1, 0.15) is 11.9 Å². The minimum Gasteiger partial charge on any atom is -0.486 e. The highest BCUT2D eigenvalue weighted by Gasteiger charge is 2.18. The van der Waals surface area contributed by atoms with Crippen molar-refractivity contribution in [1.29, 1.82) is 0 Å². The number of rotatable bonds is 7. The maximum absolute atomic E-state index is 12.0. The van der Waals surface area contributed by atoms with E-state index >= 15 is 0 Å². The molecule has 1 atom stereocenters. The third-order valence-corrected chi connectivity index (χ3v) is 3.34. The highest BCUT2D eigenvalue weighted by Crippen LogP contribution is 2.30. The van der Waals surface area contributed by atoms with Gasteiger partial charge in [-0.15, -0.1) is 0 Å². The lowest BCUT2D eigenvalue weighted by atomic mass is 10.1. The molecule has 1 unspecified atom stereocenters. The zero-order valence-electron chi connectivity index (χ0n) is 12.1. The molecular weight excluding hydrogens is 256 g/mol. The monoisotopic (exact) mass is 278 g/mol. The number of carbonyl (C=O) groups excluding carboxylic acids is 1. The Balaban J connectivity index is 1.95. The van der Waals surface area contributed by atoms with Crippen LogP contribution in [0.3, 0.4) is 0 Å². The Bertz CT molecular complexity index is 462. The summed E-state index contributed by atoms with van der Waals surface area (Å²) >= 11 is 0. The molecule has 0 saturated carbocycles. The summed E-state index contributed by atoms with van der Waals surface area (Å²) in [4.78, 5) is 12.0. The van der Waals surface area contributed by atoms with Crippen LogP contribution in [0.5, 0.6) is 5.75 Å². The molecule has 0 bridgehead atoms. The van der Waals surface area contributed by atoms with Crippen LogP contribution in [0.2, 0.25) is 0 Å². The Morgan fingerprint density at radius 1 is 1.55 bits per heavy atom. The minimum absolute atomic E-state index is 0.0725. The molecule has 0 aliphatic carbocycles. The molecule has 0 radical (unpaired) electrons. The summed E-state index contributed by atoms with van der Waals surface area (Å²) in [5.41, 5.74) is 1.59. The molecule has 0 aromatic heterocycles. The first-order valence-corrected chi connectivity index (χ1v) is 7.02. The fraction of sp³-hybridized carbons (Fsp3) is 0.533. The van der Waals surface area contributed by atoms with Crippen molar-refractivity contribution in [2.75, 3.05) is 38.7 Å². The molecular formula is C15H22N2O3. The molecule has 2 N–H and O–H groups in total. The summed E-state index contributed by atoms with van der Waals surface area (Å²) in [5, 5.41) is 6.37. The summed E-state index contributed by atoms with van der Waals surface area (Å²) in [5.74, 6) is 0.898. The largest absolute Gasteiger partial charge is 0.486 e. The van der Waals surface area contributed by atoms with E-state index < -0.39 is 0 Å². The standard InChI is InChI=1S/C15H22N2O3/c1-3-12-9-17-13-8-11(4-5-15(13)20-12)14(18)10-16-6-7-19-2/h4-5,8,12,16-17H,3,6-7,9-10H2,1-2H3. The Morgan fingerprint density at radius 2 is 2.40 bits per heavy atom. The number of ether oxygens (including phenoxy) is 2. The van der Waals surface area contributed by atoms with Gasteiger partial charge in [-0.05, 0) is 24.6 Å². The van der Waals surface area contributed by atoms with E-state index in [-0.39, 0.29) is 11.9 Å². The second kappa shape index (κ2) is 7.26. The van der Waals surface area contributed by atoms with Gasteiger partial charge in [0.2, 0.25) is 0 Å². The average molecular weight is 278 g/mol. The Kier molecular flexibility index (Phi) is 5.38. The summed E-state index contributed by atoms with van der Waals surface area (Å²) in [6.45, 7) is 4.48. The molecule has 5 heteroatoms. The number of nitrogens with one attached hydrogen (secondary N) is 2. The lowest BCUT2D eigenvalue weighted by Gasteiger charge is -2.26. The molecule has 1 aromatic rings. The van der Waals surface area contributed by atoms with Gasteiger partial charge < -0.3 is 20.1 Å². The van der Waals surface area contributed by atoms with E-state index in [1.807, 2.05) is 18.2 Å². The zero-order chi connectivity index (χ0) is 14.4. The highest BCUT2D eigenvalue weighted by atomic mass is 16.5. The molecule has 0 saturated heterocycles. The molecule has 2 rings (SSSR count). The molecule has 1 heterocycles. The second-order valence-electron chi connectivity index (χ2n) is 4.83. The smallest absolute Gasteiger partial charge is 0.176 e. The summed E-state index contributed by atoms with van der Waals surface area (Å²) < 4.78 is 10.7. The number of anilines is 1.